The number of nitrogens with zero attached hydrogens (tertiary/aromatic N) is 4. The van der Waals surface area contributed by atoms with E-state index < -0.39 is 0 Å². The minimum atomic E-state index is -0.314. The van der Waals surface area contributed by atoms with Crippen LogP contribution in [-0.4, -0.2) is 32.7 Å². The molecule has 5 aromatic rings. The van der Waals surface area contributed by atoms with Crippen LogP contribution in [0.3, 0.4) is 0 Å². The average Bonchev–Trinajstić information content (AvgIpc) is 3.52. The second-order valence-corrected chi connectivity index (χ2v) is 9.49. The van der Waals surface area contributed by atoms with Gasteiger partial charge in [-0.25, -0.2) is 9.48 Å². The summed E-state index contributed by atoms with van der Waals surface area (Å²) in [5.41, 5.74) is 6.52. The Morgan fingerprint density at radius 3 is 2.38 bits per heavy atom. The minimum Gasteiger partial charge on any atom is -0.380 e. The van der Waals surface area contributed by atoms with Crippen LogP contribution in [0.15, 0.2) is 97.3 Å². The van der Waals surface area contributed by atoms with Gasteiger partial charge in [-0.2, -0.15) is 10.2 Å². The molecule has 0 bridgehead atoms. The summed E-state index contributed by atoms with van der Waals surface area (Å²) in [7, 11) is 3.55. The van der Waals surface area contributed by atoms with Gasteiger partial charge >= 0.3 is 6.03 Å². The second kappa shape index (κ2) is 11.8. The van der Waals surface area contributed by atoms with Crippen molar-refractivity contribution in [1.29, 1.82) is 0 Å². The van der Waals surface area contributed by atoms with Crippen LogP contribution >= 0.6 is 0 Å². The molecule has 0 saturated carbocycles. The van der Waals surface area contributed by atoms with Crippen molar-refractivity contribution in [3.63, 3.8) is 0 Å². The van der Waals surface area contributed by atoms with Crippen LogP contribution in [-0.2, 0) is 24.8 Å². The number of hydrogen-bond acceptors (Lipinski definition) is 4. The Kier molecular flexibility index (Phi) is 7.84. The Labute approximate surface area is 228 Å². The van der Waals surface area contributed by atoms with Crippen LogP contribution in [0.5, 0.6) is 0 Å². The van der Waals surface area contributed by atoms with Crippen molar-refractivity contribution in [3.8, 4) is 16.9 Å². The van der Waals surface area contributed by atoms with Crippen molar-refractivity contribution in [1.82, 2.24) is 24.9 Å². The standard InChI is InChI=1S/C31H32N6O2/c1-22-29(26-19-32-36(2)20-26)35-37(27-15-8-5-9-16-27)30(22)34-31(38)33-28(18-23-11-6-4-7-12-23)25-14-10-13-24(17-25)21-39-3/h4-17,19-20,28H,18,21H2,1-3H3,(H2,33,34,38). The summed E-state index contributed by atoms with van der Waals surface area (Å²) in [4.78, 5) is 13.6. The van der Waals surface area contributed by atoms with Crippen LogP contribution in [0.25, 0.3) is 16.9 Å². The van der Waals surface area contributed by atoms with Crippen molar-refractivity contribution in [2.75, 3.05) is 12.4 Å². The first-order chi connectivity index (χ1) is 19.0. The Hall–Kier alpha value is -4.69. The van der Waals surface area contributed by atoms with E-state index in [1.54, 1.807) is 22.7 Å². The molecule has 0 radical (unpaired) electrons. The third-order valence-electron chi connectivity index (χ3n) is 6.59. The van der Waals surface area contributed by atoms with E-state index in [0.717, 1.165) is 39.2 Å². The monoisotopic (exact) mass is 520 g/mol. The topological polar surface area (TPSA) is 86.0 Å². The molecule has 0 aliphatic rings. The van der Waals surface area contributed by atoms with Gasteiger partial charge in [-0.1, -0.05) is 72.8 Å². The van der Waals surface area contributed by atoms with Crippen LogP contribution < -0.4 is 10.6 Å². The highest BCUT2D eigenvalue weighted by molar-refractivity contribution is 5.91. The highest BCUT2D eigenvalue weighted by Gasteiger charge is 2.22. The molecule has 2 N–H and O–H groups in total. The molecule has 1 atom stereocenters. The molecule has 2 amide bonds. The van der Waals surface area contributed by atoms with Crippen LogP contribution in [0.2, 0.25) is 0 Å². The number of ether oxygens (including phenoxy) is 1. The van der Waals surface area contributed by atoms with Crippen LogP contribution in [0.1, 0.15) is 28.3 Å². The SMILES string of the molecule is COCc1cccc(C(Cc2ccccc2)NC(=O)Nc2c(C)c(-c3cnn(C)c3)nn2-c2ccccc2)c1. The number of benzene rings is 3. The predicted molar refractivity (Wildman–Crippen MR) is 153 cm³/mol. The molecule has 0 fully saturated rings. The number of para-hydroxylation sites is 1. The fourth-order valence-electron chi connectivity index (χ4n) is 4.69. The predicted octanol–water partition coefficient (Wildman–Crippen LogP) is 5.83. The highest BCUT2D eigenvalue weighted by Crippen LogP contribution is 2.30. The Morgan fingerprint density at radius 2 is 1.69 bits per heavy atom. The van der Waals surface area contributed by atoms with Crippen LogP contribution in [0.4, 0.5) is 10.6 Å². The Morgan fingerprint density at radius 1 is 0.974 bits per heavy atom. The zero-order chi connectivity index (χ0) is 27.2. The summed E-state index contributed by atoms with van der Waals surface area (Å²) < 4.78 is 8.84. The van der Waals surface area contributed by atoms with Crippen LogP contribution in [0, 0.1) is 6.92 Å². The van der Waals surface area contributed by atoms with Crippen molar-refractivity contribution in [2.24, 2.45) is 7.05 Å². The third kappa shape index (κ3) is 6.08. The summed E-state index contributed by atoms with van der Waals surface area (Å²) in [6.07, 6.45) is 4.33. The summed E-state index contributed by atoms with van der Waals surface area (Å²) in [6, 6.07) is 27.5. The van der Waals surface area contributed by atoms with Crippen molar-refractivity contribution in [2.45, 2.75) is 26.0 Å². The normalized spacial score (nSPS) is 11.8. The molecular formula is C31H32N6O2. The van der Waals surface area contributed by atoms with E-state index in [-0.39, 0.29) is 12.1 Å². The lowest BCUT2D eigenvalue weighted by Gasteiger charge is -2.21. The van der Waals surface area contributed by atoms with E-state index in [0.29, 0.717) is 18.8 Å². The van der Waals surface area contributed by atoms with Gasteiger partial charge in [0.1, 0.15) is 11.5 Å². The minimum absolute atomic E-state index is 0.254. The summed E-state index contributed by atoms with van der Waals surface area (Å²) in [6.45, 7) is 2.46. The molecule has 2 heterocycles. The molecule has 5 rings (SSSR count). The number of urea groups is 1. The molecule has 0 aliphatic heterocycles. The Balaban J connectivity index is 1.46. The van der Waals surface area contributed by atoms with E-state index in [1.807, 2.05) is 86.9 Å². The lowest BCUT2D eigenvalue weighted by Crippen LogP contribution is -2.34. The summed E-state index contributed by atoms with van der Waals surface area (Å²) in [5.74, 6) is 0.601. The highest BCUT2D eigenvalue weighted by atomic mass is 16.5. The maximum absolute atomic E-state index is 13.6. The average molecular weight is 521 g/mol. The van der Waals surface area contributed by atoms with Gasteiger partial charge in [0.25, 0.3) is 0 Å². The van der Waals surface area contributed by atoms with E-state index in [4.69, 9.17) is 9.84 Å². The summed E-state index contributed by atoms with van der Waals surface area (Å²) >= 11 is 0. The third-order valence-corrected chi connectivity index (χ3v) is 6.59. The number of anilines is 1. The first-order valence-electron chi connectivity index (χ1n) is 12.8. The molecule has 1 unspecified atom stereocenters. The van der Waals surface area contributed by atoms with E-state index in [9.17, 15) is 4.79 Å². The number of amides is 2. The van der Waals surface area contributed by atoms with Gasteiger partial charge in [-0.3, -0.25) is 10.00 Å². The number of aryl methyl sites for hydroxylation is 1. The maximum atomic E-state index is 13.6. The number of carbonyl (C=O) groups is 1. The zero-order valence-corrected chi connectivity index (χ0v) is 22.3. The fourth-order valence-corrected chi connectivity index (χ4v) is 4.69. The van der Waals surface area contributed by atoms with Gasteiger partial charge in [0.15, 0.2) is 0 Å². The van der Waals surface area contributed by atoms with Crippen molar-refractivity contribution >= 4 is 11.8 Å². The molecule has 3 aromatic carbocycles. The number of carbonyl (C=O) groups excluding carboxylic acids is 1. The quantitative estimate of drug-likeness (QED) is 0.256. The zero-order valence-electron chi connectivity index (χ0n) is 22.3. The second-order valence-electron chi connectivity index (χ2n) is 9.49. The van der Waals surface area contributed by atoms with Gasteiger partial charge in [0, 0.05) is 31.5 Å². The lowest BCUT2D eigenvalue weighted by atomic mass is 9.97. The van der Waals surface area contributed by atoms with Gasteiger partial charge in [0.05, 0.1) is 24.5 Å². The number of rotatable bonds is 9. The van der Waals surface area contributed by atoms with E-state index in [1.165, 1.54) is 0 Å². The lowest BCUT2D eigenvalue weighted by molar-refractivity contribution is 0.185. The van der Waals surface area contributed by atoms with Gasteiger partial charge in [0.2, 0.25) is 0 Å². The maximum Gasteiger partial charge on any atom is 0.320 e. The molecule has 0 spiro atoms. The first kappa shape index (κ1) is 25.9. The van der Waals surface area contributed by atoms with E-state index in [2.05, 4.69) is 33.9 Å². The van der Waals surface area contributed by atoms with Gasteiger partial charge in [-0.15, -0.1) is 0 Å². The number of methoxy groups -OCH3 is 1. The molecule has 0 aliphatic carbocycles. The molecular weight excluding hydrogens is 488 g/mol. The fraction of sp³-hybridized carbons (Fsp3) is 0.194. The van der Waals surface area contributed by atoms with E-state index >= 15 is 0 Å². The molecule has 39 heavy (non-hydrogen) atoms. The van der Waals surface area contributed by atoms with Gasteiger partial charge < -0.3 is 10.1 Å². The van der Waals surface area contributed by atoms with Crippen molar-refractivity contribution < 1.29 is 9.53 Å². The number of nitrogens with one attached hydrogen (secondary N) is 2. The Bertz CT molecular complexity index is 1540. The largest absolute Gasteiger partial charge is 0.380 e. The smallest absolute Gasteiger partial charge is 0.320 e. The number of hydrogen-bond donors (Lipinski definition) is 2. The van der Waals surface area contributed by atoms with Crippen molar-refractivity contribution in [3.05, 3.63) is 120 Å². The van der Waals surface area contributed by atoms with Gasteiger partial charge in [-0.05, 0) is 42.2 Å². The molecule has 198 valence electrons. The molecule has 2 aromatic heterocycles. The number of aromatic nitrogens is 4. The molecule has 0 saturated heterocycles. The first-order valence-corrected chi connectivity index (χ1v) is 12.8. The molecule has 8 heteroatoms. The molecule has 8 nitrogen and oxygen atoms in total. The summed E-state index contributed by atoms with van der Waals surface area (Å²) in [5, 5.41) is 15.5.